The molecule has 1 fully saturated rings. The summed E-state index contributed by atoms with van der Waals surface area (Å²) >= 11 is 6.27. The van der Waals surface area contributed by atoms with Crippen LogP contribution in [0.25, 0.3) is 11.7 Å². The predicted octanol–water partition coefficient (Wildman–Crippen LogP) is 0.911. The zero-order chi connectivity index (χ0) is 21.5. The van der Waals surface area contributed by atoms with Crippen LogP contribution in [0.1, 0.15) is 18.5 Å². The van der Waals surface area contributed by atoms with Crippen LogP contribution in [0.3, 0.4) is 0 Å². The van der Waals surface area contributed by atoms with Gasteiger partial charge in [-0.2, -0.15) is 19.6 Å². The van der Waals surface area contributed by atoms with E-state index in [1.165, 1.54) is 16.8 Å². The van der Waals surface area contributed by atoms with Crippen molar-refractivity contribution in [2.24, 2.45) is 4.99 Å². The maximum atomic E-state index is 11.4. The Kier molecular flexibility index (Phi) is 4.59. The molecule has 0 amide bonds. The van der Waals surface area contributed by atoms with Crippen molar-refractivity contribution >= 4 is 23.3 Å². The van der Waals surface area contributed by atoms with Gasteiger partial charge in [-0.25, -0.2) is 9.79 Å². The first kappa shape index (κ1) is 19.1. The van der Waals surface area contributed by atoms with E-state index < -0.39 is 5.69 Å². The van der Waals surface area contributed by atoms with Gasteiger partial charge in [-0.1, -0.05) is 11.6 Å². The van der Waals surface area contributed by atoms with E-state index in [1.807, 2.05) is 0 Å². The molecule has 0 aliphatic heterocycles. The minimum Gasteiger partial charge on any atom is -0.497 e. The van der Waals surface area contributed by atoms with Gasteiger partial charge < -0.3 is 19.6 Å². The minimum atomic E-state index is -0.530. The first-order valence-corrected chi connectivity index (χ1v) is 9.72. The lowest BCUT2D eigenvalue weighted by Gasteiger charge is -2.07. The molecule has 3 N–H and O–H groups in total. The van der Waals surface area contributed by atoms with Crippen LogP contribution in [0.2, 0.25) is 5.02 Å². The fourth-order valence-electron chi connectivity index (χ4n) is 2.90. The SMILES string of the molecule is COc1ccc(Oc2nc(=NC3CC3)n3nc/c(=C\c4[nH]c(=O)[nH]c4O)c3n2)c(Cl)c1. The number of hydrogen-bond donors (Lipinski definition) is 3. The van der Waals surface area contributed by atoms with Crippen LogP contribution in [0.5, 0.6) is 23.4 Å². The molecule has 1 aliphatic rings. The number of nitrogens with zero attached hydrogens (tertiary/aromatic N) is 5. The monoisotopic (exact) mass is 441 g/mol. The molecule has 0 unspecified atom stereocenters. The van der Waals surface area contributed by atoms with Crippen molar-refractivity contribution in [3.63, 3.8) is 0 Å². The number of imidazole rings is 1. The Morgan fingerprint density at radius 3 is 2.84 bits per heavy atom. The topological polar surface area (TPSA) is 143 Å². The molecule has 0 radical (unpaired) electrons. The number of ether oxygens (including phenoxy) is 2. The maximum absolute atomic E-state index is 11.4. The highest BCUT2D eigenvalue weighted by Gasteiger charge is 2.21. The van der Waals surface area contributed by atoms with Crippen molar-refractivity contribution in [1.29, 1.82) is 0 Å². The summed E-state index contributed by atoms with van der Waals surface area (Å²) in [6.45, 7) is 0. The van der Waals surface area contributed by atoms with Gasteiger partial charge >= 0.3 is 11.7 Å². The van der Waals surface area contributed by atoms with Crippen molar-refractivity contribution in [2.75, 3.05) is 7.11 Å². The summed E-state index contributed by atoms with van der Waals surface area (Å²) in [5.41, 5.74) is 0.381. The van der Waals surface area contributed by atoms with E-state index in [2.05, 4.69) is 30.0 Å². The fraction of sp³-hybridized carbons (Fsp3) is 0.211. The van der Waals surface area contributed by atoms with E-state index in [0.29, 0.717) is 33.0 Å². The van der Waals surface area contributed by atoms with Gasteiger partial charge in [0.2, 0.25) is 5.88 Å². The lowest BCUT2D eigenvalue weighted by Crippen LogP contribution is -2.23. The summed E-state index contributed by atoms with van der Waals surface area (Å²) in [6, 6.07) is 5.18. The third-order valence-corrected chi connectivity index (χ3v) is 4.87. The highest BCUT2D eigenvalue weighted by molar-refractivity contribution is 6.32. The molecule has 1 aliphatic carbocycles. The first-order chi connectivity index (χ1) is 15.0. The van der Waals surface area contributed by atoms with E-state index in [9.17, 15) is 9.90 Å². The van der Waals surface area contributed by atoms with E-state index >= 15 is 0 Å². The predicted molar refractivity (Wildman–Crippen MR) is 109 cm³/mol. The molecule has 31 heavy (non-hydrogen) atoms. The number of hydrogen-bond acceptors (Lipinski definition) is 8. The summed E-state index contributed by atoms with van der Waals surface area (Å²) in [5.74, 6) is 0.649. The highest BCUT2D eigenvalue weighted by Crippen LogP contribution is 2.31. The van der Waals surface area contributed by atoms with Crippen LogP contribution in [0.15, 0.2) is 34.2 Å². The van der Waals surface area contributed by atoms with Crippen molar-refractivity contribution in [3.05, 3.63) is 56.4 Å². The summed E-state index contributed by atoms with van der Waals surface area (Å²) in [4.78, 5) is 29.6. The Morgan fingerprint density at radius 2 is 2.16 bits per heavy atom. The number of methoxy groups -OCH3 is 1. The summed E-state index contributed by atoms with van der Waals surface area (Å²) < 4.78 is 12.5. The maximum Gasteiger partial charge on any atom is 0.327 e. The van der Waals surface area contributed by atoms with Crippen LogP contribution in [-0.2, 0) is 0 Å². The number of benzene rings is 1. The van der Waals surface area contributed by atoms with Gasteiger partial charge in [-0.15, -0.1) is 0 Å². The van der Waals surface area contributed by atoms with E-state index in [-0.39, 0.29) is 23.6 Å². The molecule has 1 saturated carbocycles. The van der Waals surface area contributed by atoms with Crippen LogP contribution >= 0.6 is 11.6 Å². The van der Waals surface area contributed by atoms with Gasteiger partial charge in [-0.3, -0.25) is 4.98 Å². The molecule has 3 heterocycles. The number of nitrogens with one attached hydrogen (secondary N) is 2. The molecule has 12 heteroatoms. The van der Waals surface area contributed by atoms with E-state index in [1.54, 1.807) is 25.3 Å². The molecule has 1 aromatic carbocycles. The molecule has 0 spiro atoms. The minimum absolute atomic E-state index is 0.0286. The third-order valence-electron chi connectivity index (χ3n) is 4.58. The largest absolute Gasteiger partial charge is 0.497 e. The number of aromatic hydroxyl groups is 1. The second kappa shape index (κ2) is 7.43. The van der Waals surface area contributed by atoms with Crippen molar-refractivity contribution in [2.45, 2.75) is 18.9 Å². The van der Waals surface area contributed by atoms with Crippen molar-refractivity contribution in [3.8, 4) is 23.4 Å². The molecular formula is C19H16ClN7O4. The Labute approximate surface area is 178 Å². The quantitative estimate of drug-likeness (QED) is 0.417. The Bertz CT molecular complexity index is 1470. The zero-order valence-corrected chi connectivity index (χ0v) is 16.9. The fourth-order valence-corrected chi connectivity index (χ4v) is 3.11. The molecule has 158 valence electrons. The average molecular weight is 442 g/mol. The molecule has 0 atom stereocenters. The Hall–Kier alpha value is -3.86. The molecule has 0 bridgehead atoms. The highest BCUT2D eigenvalue weighted by atomic mass is 35.5. The van der Waals surface area contributed by atoms with Gasteiger partial charge in [0.1, 0.15) is 17.2 Å². The average Bonchev–Trinajstić information content (AvgIpc) is 3.38. The van der Waals surface area contributed by atoms with Gasteiger partial charge in [0, 0.05) is 11.3 Å². The van der Waals surface area contributed by atoms with Crippen molar-refractivity contribution in [1.82, 2.24) is 29.5 Å². The molecule has 11 nitrogen and oxygen atoms in total. The van der Waals surface area contributed by atoms with Gasteiger partial charge in [0.25, 0.3) is 5.62 Å². The Morgan fingerprint density at radius 1 is 1.32 bits per heavy atom. The Balaban J connectivity index is 1.65. The lowest BCUT2D eigenvalue weighted by molar-refractivity contribution is 0.410. The number of rotatable bonds is 5. The first-order valence-electron chi connectivity index (χ1n) is 9.34. The molecule has 5 rings (SSSR count). The normalized spacial score (nSPS) is 15.0. The smallest absolute Gasteiger partial charge is 0.327 e. The number of fused-ring (bicyclic) bond motifs is 1. The molecular weight excluding hydrogens is 426 g/mol. The summed E-state index contributed by atoms with van der Waals surface area (Å²) in [7, 11) is 1.54. The number of aromatic nitrogens is 6. The summed E-state index contributed by atoms with van der Waals surface area (Å²) in [5, 5.41) is 15.0. The van der Waals surface area contributed by atoms with Crippen LogP contribution in [0, 0.1) is 0 Å². The molecule has 3 aromatic heterocycles. The van der Waals surface area contributed by atoms with Crippen LogP contribution in [0.4, 0.5) is 0 Å². The van der Waals surface area contributed by atoms with E-state index in [4.69, 9.17) is 21.1 Å². The number of H-pyrrole nitrogens is 2. The lowest BCUT2D eigenvalue weighted by atomic mass is 10.3. The number of halogens is 1. The number of aromatic amines is 2. The molecule has 4 aromatic rings. The van der Waals surface area contributed by atoms with E-state index in [0.717, 1.165) is 12.8 Å². The van der Waals surface area contributed by atoms with Crippen molar-refractivity contribution < 1.29 is 14.6 Å². The standard InChI is InChI=1S/C19H16ClN7O4/c1-30-11-4-5-14(12(20)7-11)31-19-24-15-9(6-13-16(28)25-18(29)23-13)8-21-27(15)17(26-19)22-10-2-3-10/h4-8,10,28H,2-3H2,1H3,(H2,23,25,29)/b9-6+,22-17?. The van der Waals surface area contributed by atoms with Gasteiger partial charge in [0.05, 0.1) is 24.4 Å². The summed E-state index contributed by atoms with van der Waals surface area (Å²) in [6.07, 6.45) is 5.02. The second-order valence-corrected chi connectivity index (χ2v) is 7.29. The third kappa shape index (κ3) is 3.82. The zero-order valence-electron chi connectivity index (χ0n) is 16.2. The molecule has 0 saturated heterocycles. The van der Waals surface area contributed by atoms with Crippen LogP contribution in [-0.4, -0.2) is 47.8 Å². The second-order valence-electron chi connectivity index (χ2n) is 6.89. The van der Waals surface area contributed by atoms with Gasteiger partial charge in [-0.05, 0) is 31.1 Å². The van der Waals surface area contributed by atoms with Gasteiger partial charge in [0.15, 0.2) is 5.65 Å². The van der Waals surface area contributed by atoms with Crippen LogP contribution < -0.4 is 26.0 Å².